The van der Waals surface area contributed by atoms with Gasteiger partial charge in [0.1, 0.15) is 0 Å². The fourth-order valence-corrected chi connectivity index (χ4v) is 2.42. The molecule has 0 aromatic rings. The minimum absolute atomic E-state index is 0.691. The highest BCUT2D eigenvalue weighted by Gasteiger charge is 2.21. The van der Waals surface area contributed by atoms with Crippen LogP contribution in [0.5, 0.6) is 0 Å². The van der Waals surface area contributed by atoms with Crippen LogP contribution >= 0.6 is 0 Å². The highest BCUT2D eigenvalue weighted by Crippen LogP contribution is 2.29. The van der Waals surface area contributed by atoms with E-state index in [0.717, 1.165) is 17.8 Å². The first-order valence-electron chi connectivity index (χ1n) is 6.36. The minimum Gasteiger partial charge on any atom is -0.314 e. The van der Waals surface area contributed by atoms with Gasteiger partial charge in [-0.25, -0.2) is 0 Å². The number of hydrogen-bond acceptors (Lipinski definition) is 1. The number of nitrogens with one attached hydrogen (secondary N) is 1. The van der Waals surface area contributed by atoms with Crippen molar-refractivity contribution < 1.29 is 0 Å². The summed E-state index contributed by atoms with van der Waals surface area (Å²) in [6.45, 7) is 10.6. The molecule has 4 atom stereocenters. The molecule has 0 saturated heterocycles. The van der Waals surface area contributed by atoms with Gasteiger partial charge in [-0.2, -0.15) is 0 Å². The minimum atomic E-state index is 0.691. The van der Waals surface area contributed by atoms with E-state index < -0.39 is 0 Å². The van der Waals surface area contributed by atoms with Gasteiger partial charge < -0.3 is 5.32 Å². The maximum atomic E-state index is 3.70. The Kier molecular flexibility index (Phi) is 4.94. The Hall–Kier alpha value is -0.0400. The monoisotopic (exact) mass is 197 g/mol. The molecule has 1 rings (SSSR count). The van der Waals surface area contributed by atoms with Crippen molar-refractivity contribution in [1.82, 2.24) is 5.32 Å². The quantitative estimate of drug-likeness (QED) is 0.712. The molecule has 1 saturated carbocycles. The van der Waals surface area contributed by atoms with E-state index in [0.29, 0.717) is 6.04 Å². The van der Waals surface area contributed by atoms with Gasteiger partial charge in [0, 0.05) is 6.04 Å². The molecular formula is C13H27N. The third-order valence-corrected chi connectivity index (χ3v) is 4.03. The normalized spacial score (nSPS) is 31.7. The molecule has 1 aliphatic rings. The van der Waals surface area contributed by atoms with Crippen molar-refractivity contribution in [3.63, 3.8) is 0 Å². The second-order valence-corrected chi connectivity index (χ2v) is 5.37. The fourth-order valence-electron chi connectivity index (χ4n) is 2.42. The topological polar surface area (TPSA) is 12.0 Å². The molecule has 84 valence electrons. The summed E-state index contributed by atoms with van der Waals surface area (Å²) in [6, 6.07) is 0.691. The third-order valence-electron chi connectivity index (χ3n) is 4.03. The van der Waals surface area contributed by atoms with Crippen molar-refractivity contribution in [2.24, 2.45) is 17.8 Å². The molecule has 0 aliphatic heterocycles. The zero-order valence-electron chi connectivity index (χ0n) is 10.3. The lowest BCUT2D eigenvalue weighted by molar-refractivity contribution is 0.356. The van der Waals surface area contributed by atoms with Gasteiger partial charge in [-0.05, 0) is 44.1 Å². The average molecular weight is 197 g/mol. The number of rotatable bonds is 5. The largest absolute Gasteiger partial charge is 0.314 e. The molecule has 1 N–H and O–H groups in total. The van der Waals surface area contributed by atoms with Crippen LogP contribution in [0.25, 0.3) is 0 Å². The van der Waals surface area contributed by atoms with Crippen LogP contribution < -0.4 is 5.32 Å². The molecular weight excluding hydrogens is 170 g/mol. The van der Waals surface area contributed by atoms with Gasteiger partial charge in [0.25, 0.3) is 0 Å². The van der Waals surface area contributed by atoms with Crippen molar-refractivity contribution in [2.45, 2.75) is 59.4 Å². The van der Waals surface area contributed by atoms with Crippen LogP contribution in [0.4, 0.5) is 0 Å². The Balaban J connectivity index is 2.14. The predicted octanol–water partition coefficient (Wildman–Crippen LogP) is 3.45. The zero-order chi connectivity index (χ0) is 10.6. The van der Waals surface area contributed by atoms with Crippen molar-refractivity contribution in [2.75, 3.05) is 6.54 Å². The second-order valence-electron chi connectivity index (χ2n) is 5.37. The van der Waals surface area contributed by atoms with E-state index in [-0.39, 0.29) is 0 Å². The molecule has 1 aliphatic carbocycles. The summed E-state index contributed by atoms with van der Waals surface area (Å²) in [7, 11) is 0. The summed E-state index contributed by atoms with van der Waals surface area (Å²) >= 11 is 0. The average Bonchev–Trinajstić information content (AvgIpc) is 2.59. The molecule has 0 aromatic heterocycles. The van der Waals surface area contributed by atoms with E-state index in [1.54, 1.807) is 0 Å². The molecule has 0 aromatic carbocycles. The summed E-state index contributed by atoms with van der Waals surface area (Å²) in [6.07, 6.45) is 5.63. The predicted molar refractivity (Wildman–Crippen MR) is 63.4 cm³/mol. The van der Waals surface area contributed by atoms with Crippen LogP contribution in [0.15, 0.2) is 0 Å². The van der Waals surface area contributed by atoms with E-state index >= 15 is 0 Å². The lowest BCUT2D eigenvalue weighted by Crippen LogP contribution is -2.35. The van der Waals surface area contributed by atoms with Crippen LogP contribution in [0.3, 0.4) is 0 Å². The van der Waals surface area contributed by atoms with Gasteiger partial charge >= 0.3 is 0 Å². The van der Waals surface area contributed by atoms with Crippen molar-refractivity contribution in [3.05, 3.63) is 0 Å². The third kappa shape index (κ3) is 3.61. The zero-order valence-corrected chi connectivity index (χ0v) is 10.3. The van der Waals surface area contributed by atoms with Crippen LogP contribution in [-0.4, -0.2) is 12.6 Å². The maximum Gasteiger partial charge on any atom is 0.00643 e. The van der Waals surface area contributed by atoms with Crippen LogP contribution in [-0.2, 0) is 0 Å². The Bertz CT molecular complexity index is 153. The van der Waals surface area contributed by atoms with Gasteiger partial charge in [-0.3, -0.25) is 0 Å². The standard InChI is InChI=1S/C13H27N/c1-5-11(3)12(4)14-9-13-7-6-10(2)8-13/h10-14H,5-9H2,1-4H3. The fraction of sp³-hybridized carbons (Fsp3) is 1.00. The Morgan fingerprint density at radius 1 is 1.29 bits per heavy atom. The molecule has 0 heterocycles. The second kappa shape index (κ2) is 5.75. The SMILES string of the molecule is CCC(C)C(C)NCC1CCC(C)C1. The van der Waals surface area contributed by atoms with E-state index in [9.17, 15) is 0 Å². The molecule has 1 nitrogen and oxygen atoms in total. The molecule has 4 unspecified atom stereocenters. The van der Waals surface area contributed by atoms with Gasteiger partial charge in [-0.1, -0.05) is 33.6 Å². The Morgan fingerprint density at radius 3 is 2.50 bits per heavy atom. The highest BCUT2D eigenvalue weighted by atomic mass is 14.9. The molecule has 1 heteroatoms. The van der Waals surface area contributed by atoms with Gasteiger partial charge in [0.15, 0.2) is 0 Å². The molecule has 1 fully saturated rings. The highest BCUT2D eigenvalue weighted by molar-refractivity contribution is 4.76. The van der Waals surface area contributed by atoms with E-state index in [2.05, 4.69) is 33.0 Å². The Morgan fingerprint density at radius 2 is 2.00 bits per heavy atom. The molecule has 0 amide bonds. The molecule has 0 bridgehead atoms. The van der Waals surface area contributed by atoms with Crippen molar-refractivity contribution in [3.8, 4) is 0 Å². The summed E-state index contributed by atoms with van der Waals surface area (Å²) in [5.41, 5.74) is 0. The van der Waals surface area contributed by atoms with E-state index in [1.807, 2.05) is 0 Å². The first-order valence-corrected chi connectivity index (χ1v) is 6.36. The molecule has 0 radical (unpaired) electrons. The summed E-state index contributed by atoms with van der Waals surface area (Å²) < 4.78 is 0. The van der Waals surface area contributed by atoms with E-state index in [4.69, 9.17) is 0 Å². The first kappa shape index (κ1) is 12.0. The van der Waals surface area contributed by atoms with Crippen LogP contribution in [0.2, 0.25) is 0 Å². The molecule has 0 spiro atoms. The maximum absolute atomic E-state index is 3.70. The summed E-state index contributed by atoms with van der Waals surface area (Å²) in [5, 5.41) is 3.70. The van der Waals surface area contributed by atoms with Gasteiger partial charge in [0.05, 0.1) is 0 Å². The van der Waals surface area contributed by atoms with E-state index in [1.165, 1.54) is 32.2 Å². The van der Waals surface area contributed by atoms with Crippen molar-refractivity contribution >= 4 is 0 Å². The van der Waals surface area contributed by atoms with Gasteiger partial charge in [0.2, 0.25) is 0 Å². The molecule has 14 heavy (non-hydrogen) atoms. The smallest absolute Gasteiger partial charge is 0.00643 e. The van der Waals surface area contributed by atoms with Crippen molar-refractivity contribution in [1.29, 1.82) is 0 Å². The summed E-state index contributed by atoms with van der Waals surface area (Å²) in [4.78, 5) is 0. The lowest BCUT2D eigenvalue weighted by Gasteiger charge is -2.22. The summed E-state index contributed by atoms with van der Waals surface area (Å²) in [5.74, 6) is 2.74. The lowest BCUT2D eigenvalue weighted by atomic mass is 9.99. The van der Waals surface area contributed by atoms with Crippen LogP contribution in [0, 0.1) is 17.8 Å². The Labute approximate surface area is 89.7 Å². The van der Waals surface area contributed by atoms with Crippen LogP contribution in [0.1, 0.15) is 53.4 Å². The number of hydrogen-bond donors (Lipinski definition) is 1. The van der Waals surface area contributed by atoms with Gasteiger partial charge in [-0.15, -0.1) is 0 Å². The first-order chi connectivity index (χ1) is 6.63.